The smallest absolute Gasteiger partial charge is 0.408 e. The number of hydrogen-bond donors (Lipinski definition) is 1. The van der Waals surface area contributed by atoms with Crippen LogP contribution in [0.15, 0.2) is 44.4 Å². The van der Waals surface area contributed by atoms with Gasteiger partial charge in [0.15, 0.2) is 5.58 Å². The molecule has 6 nitrogen and oxygen atoms in total. The van der Waals surface area contributed by atoms with E-state index in [-0.39, 0.29) is 16.2 Å². The third-order valence-corrected chi connectivity index (χ3v) is 5.13. The second-order valence-corrected chi connectivity index (χ2v) is 7.27. The molecule has 2 aromatic carbocycles. The summed E-state index contributed by atoms with van der Waals surface area (Å²) in [6, 6.07) is 6.69. The molecule has 0 radical (unpaired) electrons. The van der Waals surface area contributed by atoms with Gasteiger partial charge >= 0.3 is 5.76 Å². The SMILES string of the molecule is Cc1cc(NS(=O)(=O)c2cc(C)c3c(c2)oc(=O)n3C)ccc1F. The average Bonchev–Trinajstić information content (AvgIpc) is 2.78. The van der Waals surface area contributed by atoms with E-state index in [4.69, 9.17) is 4.42 Å². The number of aromatic nitrogens is 1. The van der Waals surface area contributed by atoms with Crippen molar-refractivity contribution in [3.05, 3.63) is 57.8 Å². The van der Waals surface area contributed by atoms with Crippen LogP contribution in [-0.4, -0.2) is 13.0 Å². The maximum absolute atomic E-state index is 13.3. The van der Waals surface area contributed by atoms with Crippen LogP contribution in [0.3, 0.4) is 0 Å². The quantitative estimate of drug-likeness (QED) is 0.787. The topological polar surface area (TPSA) is 81.3 Å². The second-order valence-electron chi connectivity index (χ2n) is 5.58. The summed E-state index contributed by atoms with van der Waals surface area (Å²) >= 11 is 0. The van der Waals surface area contributed by atoms with Crippen molar-refractivity contribution in [2.75, 3.05) is 4.72 Å². The minimum atomic E-state index is -3.90. The van der Waals surface area contributed by atoms with Crippen LogP contribution in [-0.2, 0) is 17.1 Å². The van der Waals surface area contributed by atoms with Crippen LogP contribution < -0.4 is 10.5 Å². The van der Waals surface area contributed by atoms with Crippen molar-refractivity contribution >= 4 is 26.8 Å². The summed E-state index contributed by atoms with van der Waals surface area (Å²) in [5.41, 5.74) is 1.91. The van der Waals surface area contributed by atoms with E-state index in [0.717, 1.165) is 0 Å². The molecule has 8 heteroatoms. The van der Waals surface area contributed by atoms with Gasteiger partial charge in [0, 0.05) is 18.8 Å². The first kappa shape index (κ1) is 16.3. The molecule has 0 unspecified atom stereocenters. The van der Waals surface area contributed by atoms with Crippen molar-refractivity contribution in [3.63, 3.8) is 0 Å². The van der Waals surface area contributed by atoms with Crippen LogP contribution in [0.4, 0.5) is 10.1 Å². The third kappa shape index (κ3) is 2.69. The van der Waals surface area contributed by atoms with Gasteiger partial charge in [0.05, 0.1) is 10.4 Å². The maximum atomic E-state index is 13.3. The van der Waals surface area contributed by atoms with Crippen molar-refractivity contribution in [1.82, 2.24) is 4.57 Å². The van der Waals surface area contributed by atoms with Gasteiger partial charge in [-0.1, -0.05) is 0 Å². The van der Waals surface area contributed by atoms with E-state index in [2.05, 4.69) is 4.72 Å². The van der Waals surface area contributed by atoms with Gasteiger partial charge in [-0.05, 0) is 49.2 Å². The summed E-state index contributed by atoms with van der Waals surface area (Å²) in [4.78, 5) is 11.6. The third-order valence-electron chi connectivity index (χ3n) is 3.77. The Labute approximate surface area is 137 Å². The molecule has 0 spiro atoms. The number of aryl methyl sites for hydroxylation is 3. The highest BCUT2D eigenvalue weighted by molar-refractivity contribution is 7.92. The molecule has 1 heterocycles. The minimum absolute atomic E-state index is 0.0381. The first-order valence-electron chi connectivity index (χ1n) is 7.08. The van der Waals surface area contributed by atoms with Crippen LogP contribution in [0.5, 0.6) is 0 Å². The monoisotopic (exact) mass is 350 g/mol. The van der Waals surface area contributed by atoms with Crippen molar-refractivity contribution in [3.8, 4) is 0 Å². The zero-order chi connectivity index (χ0) is 17.6. The molecular formula is C16H15FN2O4S. The summed E-state index contributed by atoms with van der Waals surface area (Å²) in [6.07, 6.45) is 0. The molecule has 0 aliphatic rings. The zero-order valence-electron chi connectivity index (χ0n) is 13.3. The molecule has 3 rings (SSSR count). The fourth-order valence-corrected chi connectivity index (χ4v) is 3.70. The molecule has 0 saturated heterocycles. The number of nitrogens with one attached hydrogen (secondary N) is 1. The molecule has 0 aliphatic heterocycles. The average molecular weight is 350 g/mol. The Balaban J connectivity index is 2.08. The molecule has 0 saturated carbocycles. The highest BCUT2D eigenvalue weighted by atomic mass is 32.2. The second kappa shape index (κ2) is 5.48. The van der Waals surface area contributed by atoms with E-state index < -0.39 is 21.6 Å². The van der Waals surface area contributed by atoms with E-state index in [1.807, 2.05) is 0 Å². The van der Waals surface area contributed by atoms with E-state index in [1.165, 1.54) is 34.9 Å². The van der Waals surface area contributed by atoms with Gasteiger partial charge in [-0.2, -0.15) is 0 Å². The molecule has 0 bridgehead atoms. The molecular weight excluding hydrogens is 335 g/mol. The molecule has 0 atom stereocenters. The molecule has 1 aromatic heterocycles. The molecule has 3 aromatic rings. The van der Waals surface area contributed by atoms with Crippen molar-refractivity contribution in [2.24, 2.45) is 7.05 Å². The summed E-state index contributed by atoms with van der Waals surface area (Å²) in [6.45, 7) is 3.24. The molecule has 1 N–H and O–H groups in total. The number of oxazole rings is 1. The lowest BCUT2D eigenvalue weighted by Gasteiger charge is -2.10. The maximum Gasteiger partial charge on any atom is 0.419 e. The van der Waals surface area contributed by atoms with E-state index in [0.29, 0.717) is 16.6 Å². The number of nitrogens with zero attached hydrogens (tertiary/aromatic N) is 1. The van der Waals surface area contributed by atoms with Crippen LogP contribution in [0, 0.1) is 19.7 Å². The highest BCUT2D eigenvalue weighted by Crippen LogP contribution is 2.24. The van der Waals surface area contributed by atoms with Gasteiger partial charge < -0.3 is 4.42 Å². The number of anilines is 1. The Morgan fingerprint density at radius 1 is 1.12 bits per heavy atom. The molecule has 24 heavy (non-hydrogen) atoms. The lowest BCUT2D eigenvalue weighted by molar-refractivity contribution is 0.527. The van der Waals surface area contributed by atoms with Crippen molar-refractivity contribution < 1.29 is 17.2 Å². The number of fused-ring (bicyclic) bond motifs is 1. The van der Waals surface area contributed by atoms with Gasteiger partial charge in [-0.3, -0.25) is 9.29 Å². The largest absolute Gasteiger partial charge is 0.419 e. The predicted octanol–water partition coefficient (Wildman–Crippen LogP) is 2.69. The lowest BCUT2D eigenvalue weighted by Crippen LogP contribution is -2.13. The predicted molar refractivity (Wildman–Crippen MR) is 88.1 cm³/mol. The Morgan fingerprint density at radius 3 is 2.50 bits per heavy atom. The fourth-order valence-electron chi connectivity index (χ4n) is 2.55. The number of halogens is 1. The number of benzene rings is 2. The van der Waals surface area contributed by atoms with Crippen LogP contribution in [0.1, 0.15) is 11.1 Å². The van der Waals surface area contributed by atoms with Crippen LogP contribution in [0.2, 0.25) is 0 Å². The number of hydrogen-bond acceptors (Lipinski definition) is 4. The minimum Gasteiger partial charge on any atom is -0.408 e. The first-order valence-corrected chi connectivity index (χ1v) is 8.56. The van der Waals surface area contributed by atoms with E-state index in [1.54, 1.807) is 20.9 Å². The number of rotatable bonds is 3. The molecule has 126 valence electrons. The number of sulfonamides is 1. The normalized spacial score (nSPS) is 11.8. The van der Waals surface area contributed by atoms with Gasteiger partial charge in [0.1, 0.15) is 5.82 Å². The van der Waals surface area contributed by atoms with Gasteiger partial charge in [0.25, 0.3) is 10.0 Å². The Hall–Kier alpha value is -2.61. The van der Waals surface area contributed by atoms with Crippen molar-refractivity contribution in [2.45, 2.75) is 18.7 Å². The zero-order valence-corrected chi connectivity index (χ0v) is 14.1. The van der Waals surface area contributed by atoms with Crippen molar-refractivity contribution in [1.29, 1.82) is 0 Å². The van der Waals surface area contributed by atoms with Gasteiger partial charge in [0.2, 0.25) is 0 Å². The summed E-state index contributed by atoms with van der Waals surface area (Å²) in [7, 11) is -2.35. The van der Waals surface area contributed by atoms with E-state index in [9.17, 15) is 17.6 Å². The summed E-state index contributed by atoms with van der Waals surface area (Å²) in [5.74, 6) is -0.981. The summed E-state index contributed by atoms with van der Waals surface area (Å²) in [5, 5.41) is 0. The first-order chi connectivity index (χ1) is 11.2. The Bertz CT molecular complexity index is 1110. The molecule has 0 fully saturated rings. The molecule has 0 amide bonds. The van der Waals surface area contributed by atoms with Gasteiger partial charge in [-0.25, -0.2) is 17.6 Å². The Morgan fingerprint density at radius 2 is 1.83 bits per heavy atom. The van der Waals surface area contributed by atoms with Crippen LogP contribution in [0.25, 0.3) is 11.1 Å². The van der Waals surface area contributed by atoms with E-state index >= 15 is 0 Å². The Kier molecular flexibility index (Phi) is 3.71. The van der Waals surface area contributed by atoms with Gasteiger partial charge in [-0.15, -0.1) is 0 Å². The standard InChI is InChI=1S/C16H15FN2O4S/c1-9-6-11(4-5-13(9)17)18-24(21,22)12-7-10(2)15-14(8-12)23-16(20)19(15)3/h4-8,18H,1-3H3. The fraction of sp³-hybridized carbons (Fsp3) is 0.188. The van der Waals surface area contributed by atoms with Crippen LogP contribution >= 0.6 is 0 Å². The lowest BCUT2D eigenvalue weighted by atomic mass is 10.2. The highest BCUT2D eigenvalue weighted by Gasteiger charge is 2.19. The molecule has 0 aliphatic carbocycles. The summed E-state index contributed by atoms with van der Waals surface area (Å²) < 4.78 is 47.2.